The highest BCUT2D eigenvalue weighted by atomic mass is 16.6. The number of Topliss-reactive ketones (excluding diaryl/α,β-unsaturated/α-hetero) is 1. The van der Waals surface area contributed by atoms with Crippen LogP contribution in [0.1, 0.15) is 22.8 Å². The van der Waals surface area contributed by atoms with Gasteiger partial charge in [0, 0.05) is 0 Å². The molecule has 0 saturated carbocycles. The number of carbonyl (C=O) groups is 1. The molecule has 0 heterocycles. The molecule has 5 heteroatoms. The fourth-order valence-corrected chi connectivity index (χ4v) is 1.28. The van der Waals surface area contributed by atoms with E-state index in [2.05, 4.69) is 0 Å². The second kappa shape index (κ2) is 3.45. The first kappa shape index (κ1) is 10.2. The lowest BCUT2D eigenvalue weighted by Crippen LogP contribution is -2.04. The first-order valence-corrected chi connectivity index (χ1v) is 3.99. The van der Waals surface area contributed by atoms with Gasteiger partial charge >= 0.3 is 5.69 Å². The van der Waals surface area contributed by atoms with Gasteiger partial charge in [0.15, 0.2) is 5.78 Å². The molecular weight excluding hydrogens is 184 g/mol. The minimum absolute atomic E-state index is 0.0280. The molecule has 0 spiro atoms. The smallest absolute Gasteiger partial charge is 0.302 e. The van der Waals surface area contributed by atoms with Crippen LogP contribution in [0.5, 0.6) is 0 Å². The molecule has 0 unspecified atom stereocenters. The predicted molar refractivity (Wildman–Crippen MR) is 52.3 cm³/mol. The van der Waals surface area contributed by atoms with Crippen molar-refractivity contribution < 1.29 is 9.72 Å². The fraction of sp³-hybridized carbons (Fsp3) is 0.222. The van der Waals surface area contributed by atoms with Gasteiger partial charge in [-0.25, -0.2) is 0 Å². The van der Waals surface area contributed by atoms with Gasteiger partial charge in [0.05, 0.1) is 10.5 Å². The molecule has 0 saturated heterocycles. The molecule has 5 nitrogen and oxygen atoms in total. The predicted octanol–water partition coefficient (Wildman–Crippen LogP) is 1.69. The van der Waals surface area contributed by atoms with Gasteiger partial charge in [-0.05, 0) is 31.5 Å². The zero-order chi connectivity index (χ0) is 10.9. The van der Waals surface area contributed by atoms with Gasteiger partial charge in [0.25, 0.3) is 0 Å². The Morgan fingerprint density at radius 2 is 2.07 bits per heavy atom. The molecular formula is C9H10N2O3. The largest absolute Gasteiger partial charge is 0.393 e. The zero-order valence-electron chi connectivity index (χ0n) is 7.90. The Morgan fingerprint density at radius 1 is 1.50 bits per heavy atom. The molecule has 0 radical (unpaired) electrons. The summed E-state index contributed by atoms with van der Waals surface area (Å²) in [5, 5.41) is 10.6. The van der Waals surface area contributed by atoms with E-state index in [1.807, 2.05) is 0 Å². The minimum atomic E-state index is -0.633. The van der Waals surface area contributed by atoms with E-state index in [4.69, 9.17) is 5.73 Å². The maximum Gasteiger partial charge on any atom is 0.302 e. The van der Waals surface area contributed by atoms with Crippen LogP contribution in [0.3, 0.4) is 0 Å². The highest BCUT2D eigenvalue weighted by Gasteiger charge is 2.21. The van der Waals surface area contributed by atoms with Crippen LogP contribution >= 0.6 is 0 Å². The molecule has 0 bridgehead atoms. The van der Waals surface area contributed by atoms with Crippen molar-refractivity contribution in [2.24, 2.45) is 0 Å². The Bertz CT molecular complexity index is 413. The molecule has 0 fully saturated rings. The minimum Gasteiger partial charge on any atom is -0.393 e. The average Bonchev–Trinajstić information content (AvgIpc) is 2.01. The lowest BCUT2D eigenvalue weighted by atomic mass is 10.0. The van der Waals surface area contributed by atoms with Gasteiger partial charge in [-0.3, -0.25) is 14.9 Å². The first-order valence-electron chi connectivity index (χ1n) is 3.99. The molecule has 74 valence electrons. The number of hydrogen-bond donors (Lipinski definition) is 1. The van der Waals surface area contributed by atoms with E-state index in [1.54, 1.807) is 6.92 Å². The van der Waals surface area contributed by atoms with Gasteiger partial charge < -0.3 is 5.73 Å². The van der Waals surface area contributed by atoms with Crippen LogP contribution in [-0.2, 0) is 0 Å². The van der Waals surface area contributed by atoms with Gasteiger partial charge in [-0.1, -0.05) is 0 Å². The summed E-state index contributed by atoms with van der Waals surface area (Å²) in [6.45, 7) is 3.01. The zero-order valence-corrected chi connectivity index (χ0v) is 7.90. The second-order valence-electron chi connectivity index (χ2n) is 3.06. The highest BCUT2D eigenvalue weighted by molar-refractivity contribution is 6.00. The normalized spacial score (nSPS) is 9.86. The number of nitro groups is 1. The fourth-order valence-electron chi connectivity index (χ4n) is 1.28. The summed E-state index contributed by atoms with van der Waals surface area (Å²) in [6, 6.07) is 2.95. The molecule has 0 amide bonds. The summed E-state index contributed by atoms with van der Waals surface area (Å²) in [4.78, 5) is 21.1. The number of carbonyl (C=O) groups excluding carboxylic acids is 1. The Kier molecular flexibility index (Phi) is 2.51. The van der Waals surface area contributed by atoms with Crippen LogP contribution in [0, 0.1) is 17.0 Å². The third kappa shape index (κ3) is 1.71. The van der Waals surface area contributed by atoms with E-state index in [0.29, 0.717) is 0 Å². The van der Waals surface area contributed by atoms with Gasteiger partial charge in [-0.15, -0.1) is 0 Å². The van der Waals surface area contributed by atoms with Gasteiger partial charge in [-0.2, -0.15) is 0 Å². The van der Waals surface area contributed by atoms with Crippen LogP contribution in [0.15, 0.2) is 12.1 Å². The average molecular weight is 194 g/mol. The van der Waals surface area contributed by atoms with Crippen LogP contribution in [0.2, 0.25) is 0 Å². The molecule has 2 N–H and O–H groups in total. The second-order valence-corrected chi connectivity index (χ2v) is 3.06. The summed E-state index contributed by atoms with van der Waals surface area (Å²) in [5.74, 6) is -0.355. The van der Waals surface area contributed by atoms with E-state index in [9.17, 15) is 14.9 Å². The summed E-state index contributed by atoms with van der Waals surface area (Å²) >= 11 is 0. The Hall–Kier alpha value is -1.91. The molecule has 0 aromatic heterocycles. The molecule has 0 atom stereocenters. The van der Waals surface area contributed by atoms with Crippen molar-refractivity contribution in [3.8, 4) is 0 Å². The van der Waals surface area contributed by atoms with Crippen LogP contribution in [-0.4, -0.2) is 10.7 Å². The van der Waals surface area contributed by atoms with Crippen LogP contribution in [0.25, 0.3) is 0 Å². The first-order chi connectivity index (χ1) is 6.43. The lowest BCUT2D eigenvalue weighted by molar-refractivity contribution is -0.384. The summed E-state index contributed by atoms with van der Waals surface area (Å²) < 4.78 is 0. The summed E-state index contributed by atoms with van der Waals surface area (Å²) in [5.41, 5.74) is 5.99. The topological polar surface area (TPSA) is 86.2 Å². The van der Waals surface area contributed by atoms with E-state index >= 15 is 0 Å². The number of nitro benzene ring substituents is 1. The quantitative estimate of drug-likeness (QED) is 0.336. The number of aryl methyl sites for hydroxylation is 1. The highest BCUT2D eigenvalue weighted by Crippen LogP contribution is 2.27. The van der Waals surface area contributed by atoms with E-state index < -0.39 is 4.92 Å². The molecule has 14 heavy (non-hydrogen) atoms. The summed E-state index contributed by atoms with van der Waals surface area (Å²) in [7, 11) is 0. The van der Waals surface area contributed by atoms with Crippen molar-refractivity contribution >= 4 is 17.2 Å². The molecule has 0 aliphatic carbocycles. The number of nitrogens with two attached hydrogens (primary N) is 1. The van der Waals surface area contributed by atoms with E-state index in [-0.39, 0.29) is 22.7 Å². The maximum absolute atomic E-state index is 11.1. The standard InChI is InChI=1S/C9H10N2O3/c1-5-3-7(6(2)12)9(11(13)14)8(10)4-5/h3-4H,10H2,1-2H3. The molecule has 0 aliphatic heterocycles. The molecule has 1 aromatic carbocycles. The molecule has 1 rings (SSSR count). The van der Waals surface area contributed by atoms with Crippen molar-refractivity contribution in [1.82, 2.24) is 0 Å². The van der Waals surface area contributed by atoms with Crippen LogP contribution < -0.4 is 5.73 Å². The van der Waals surface area contributed by atoms with E-state index in [0.717, 1.165) is 5.56 Å². The Labute approximate surface area is 80.7 Å². The number of benzene rings is 1. The monoisotopic (exact) mass is 194 g/mol. The van der Waals surface area contributed by atoms with Gasteiger partial charge in [0.1, 0.15) is 5.69 Å². The number of nitrogen functional groups attached to an aromatic ring is 1. The van der Waals surface area contributed by atoms with Crippen LogP contribution in [0.4, 0.5) is 11.4 Å². The lowest BCUT2D eigenvalue weighted by Gasteiger charge is -2.03. The number of ketones is 1. The number of nitrogens with zero attached hydrogens (tertiary/aromatic N) is 1. The Balaban J connectivity index is 3.52. The van der Waals surface area contributed by atoms with Crippen molar-refractivity contribution in [2.45, 2.75) is 13.8 Å². The SMILES string of the molecule is CC(=O)c1cc(C)cc(N)c1[N+](=O)[O-]. The molecule has 0 aliphatic rings. The third-order valence-corrected chi connectivity index (χ3v) is 1.85. The number of anilines is 1. The van der Waals surface area contributed by atoms with Crippen molar-refractivity contribution in [3.05, 3.63) is 33.4 Å². The maximum atomic E-state index is 11.1. The van der Waals surface area contributed by atoms with Crippen molar-refractivity contribution in [3.63, 3.8) is 0 Å². The summed E-state index contributed by atoms with van der Waals surface area (Å²) in [6.07, 6.45) is 0. The Morgan fingerprint density at radius 3 is 2.50 bits per heavy atom. The van der Waals surface area contributed by atoms with Crippen molar-refractivity contribution in [1.29, 1.82) is 0 Å². The van der Waals surface area contributed by atoms with Gasteiger partial charge in [0.2, 0.25) is 0 Å². The molecule has 1 aromatic rings. The number of hydrogen-bond acceptors (Lipinski definition) is 4. The third-order valence-electron chi connectivity index (χ3n) is 1.85. The van der Waals surface area contributed by atoms with Crippen molar-refractivity contribution in [2.75, 3.05) is 5.73 Å². The number of rotatable bonds is 2. The van der Waals surface area contributed by atoms with E-state index in [1.165, 1.54) is 19.1 Å².